The number of benzene rings is 2. The number of carboxylic acid groups (broad SMARTS) is 1. The molecule has 110 valence electrons. The van der Waals surface area contributed by atoms with Crippen LogP contribution < -0.4 is 5.32 Å². The maximum Gasteiger partial charge on any atom is 0.335 e. The number of hydrogen-bond donors (Lipinski definition) is 2. The number of rotatable bonds is 5. The Balaban J connectivity index is 1.98. The van der Waals surface area contributed by atoms with Crippen molar-refractivity contribution in [2.75, 3.05) is 11.9 Å². The average Bonchev–Trinajstić information content (AvgIpc) is 2.39. The van der Waals surface area contributed by atoms with Crippen LogP contribution in [0.5, 0.6) is 0 Å². The summed E-state index contributed by atoms with van der Waals surface area (Å²) in [6.07, 6.45) is 0.467. The summed E-state index contributed by atoms with van der Waals surface area (Å²) in [5, 5.41) is 12.0. The van der Waals surface area contributed by atoms with Gasteiger partial charge in [0, 0.05) is 18.3 Å². The summed E-state index contributed by atoms with van der Waals surface area (Å²) in [6.45, 7) is 2.30. The Morgan fingerprint density at radius 3 is 2.38 bits per heavy atom. The molecule has 0 aliphatic heterocycles. The number of anilines is 1. The second-order valence-electron chi connectivity index (χ2n) is 4.79. The minimum absolute atomic E-state index is 0.227. The van der Waals surface area contributed by atoms with E-state index in [-0.39, 0.29) is 5.56 Å². The Bertz CT molecular complexity index is 651. The number of aromatic carboxylic acids is 1. The van der Waals surface area contributed by atoms with Crippen LogP contribution in [-0.4, -0.2) is 17.6 Å². The molecule has 0 bridgehead atoms. The summed E-state index contributed by atoms with van der Waals surface area (Å²) in [7, 11) is 0. The van der Waals surface area contributed by atoms with Gasteiger partial charge in [-0.1, -0.05) is 0 Å². The highest BCUT2D eigenvalue weighted by atomic mass is 19.1. The largest absolute Gasteiger partial charge is 0.478 e. The molecule has 0 unspecified atom stereocenters. The predicted molar refractivity (Wildman–Crippen MR) is 76.7 cm³/mol. The summed E-state index contributed by atoms with van der Waals surface area (Å²) in [5.74, 6) is -2.15. The molecule has 0 aliphatic rings. The van der Waals surface area contributed by atoms with Gasteiger partial charge in [-0.05, 0) is 54.8 Å². The van der Waals surface area contributed by atoms with Gasteiger partial charge in [-0.25, -0.2) is 13.6 Å². The van der Waals surface area contributed by atoms with Crippen molar-refractivity contribution in [2.45, 2.75) is 13.3 Å². The van der Waals surface area contributed by atoms with Gasteiger partial charge in [0.15, 0.2) is 0 Å². The molecule has 0 heterocycles. The van der Waals surface area contributed by atoms with Gasteiger partial charge in [-0.2, -0.15) is 0 Å². The van der Waals surface area contributed by atoms with Gasteiger partial charge in [0.25, 0.3) is 0 Å². The normalized spacial score (nSPS) is 10.4. The molecular weight excluding hydrogens is 276 g/mol. The predicted octanol–water partition coefficient (Wildman–Crippen LogP) is 3.63. The zero-order valence-electron chi connectivity index (χ0n) is 11.5. The molecule has 0 atom stereocenters. The smallest absolute Gasteiger partial charge is 0.335 e. The van der Waals surface area contributed by atoms with Crippen LogP contribution in [0.1, 0.15) is 21.5 Å². The van der Waals surface area contributed by atoms with E-state index in [2.05, 4.69) is 5.32 Å². The Kier molecular flexibility index (Phi) is 4.52. The van der Waals surface area contributed by atoms with Crippen molar-refractivity contribution in [3.63, 3.8) is 0 Å². The molecule has 0 aromatic heterocycles. The van der Waals surface area contributed by atoms with Crippen molar-refractivity contribution in [1.82, 2.24) is 0 Å². The quantitative estimate of drug-likeness (QED) is 0.884. The van der Waals surface area contributed by atoms with Crippen LogP contribution in [0.3, 0.4) is 0 Å². The zero-order valence-corrected chi connectivity index (χ0v) is 11.5. The van der Waals surface area contributed by atoms with Gasteiger partial charge in [0.2, 0.25) is 0 Å². The van der Waals surface area contributed by atoms with Crippen LogP contribution in [0, 0.1) is 18.6 Å². The fraction of sp³-hybridized carbons (Fsp3) is 0.188. The van der Waals surface area contributed by atoms with Gasteiger partial charge in [0.1, 0.15) is 11.6 Å². The number of aryl methyl sites for hydroxylation is 1. The number of nitrogens with one attached hydrogen (secondary N) is 1. The fourth-order valence-electron chi connectivity index (χ4n) is 2.09. The lowest BCUT2D eigenvalue weighted by molar-refractivity contribution is 0.0697. The van der Waals surface area contributed by atoms with E-state index in [1.807, 2.05) is 0 Å². The van der Waals surface area contributed by atoms with E-state index < -0.39 is 17.6 Å². The Labute approximate surface area is 121 Å². The van der Waals surface area contributed by atoms with Crippen molar-refractivity contribution in [3.8, 4) is 0 Å². The molecule has 2 aromatic carbocycles. The average molecular weight is 291 g/mol. The van der Waals surface area contributed by atoms with Crippen LogP contribution in [0.4, 0.5) is 14.5 Å². The summed E-state index contributed by atoms with van der Waals surface area (Å²) in [5.41, 5.74) is 2.40. The first-order valence-electron chi connectivity index (χ1n) is 6.48. The zero-order chi connectivity index (χ0) is 15.4. The standard InChI is InChI=1S/C16H15F2NO2/c1-10-6-12(16(20)21)2-3-15(10)19-5-4-11-7-13(17)9-14(18)8-11/h2-3,6-9,19H,4-5H2,1H3,(H,20,21). The van der Waals surface area contributed by atoms with E-state index in [9.17, 15) is 13.6 Å². The summed E-state index contributed by atoms with van der Waals surface area (Å²) < 4.78 is 26.1. The number of carbonyl (C=O) groups is 1. The van der Waals surface area contributed by atoms with Crippen LogP contribution in [0.2, 0.25) is 0 Å². The van der Waals surface area contributed by atoms with Crippen molar-refractivity contribution in [2.24, 2.45) is 0 Å². The Morgan fingerprint density at radius 1 is 1.14 bits per heavy atom. The third-order valence-electron chi connectivity index (χ3n) is 3.12. The second-order valence-corrected chi connectivity index (χ2v) is 4.79. The topological polar surface area (TPSA) is 49.3 Å². The molecule has 3 nitrogen and oxygen atoms in total. The van der Waals surface area contributed by atoms with Crippen molar-refractivity contribution in [3.05, 3.63) is 64.7 Å². The molecule has 2 aromatic rings. The minimum Gasteiger partial charge on any atom is -0.478 e. The maximum absolute atomic E-state index is 13.0. The van der Waals surface area contributed by atoms with Gasteiger partial charge < -0.3 is 10.4 Å². The highest BCUT2D eigenvalue weighted by Crippen LogP contribution is 2.17. The van der Waals surface area contributed by atoms with E-state index in [1.165, 1.54) is 18.2 Å². The van der Waals surface area contributed by atoms with E-state index in [0.29, 0.717) is 18.5 Å². The maximum atomic E-state index is 13.0. The Hall–Kier alpha value is -2.43. The van der Waals surface area contributed by atoms with Crippen LogP contribution in [0.25, 0.3) is 0 Å². The molecular formula is C16H15F2NO2. The summed E-state index contributed by atoms with van der Waals surface area (Å²) >= 11 is 0. The van der Waals surface area contributed by atoms with E-state index in [0.717, 1.165) is 17.3 Å². The van der Waals surface area contributed by atoms with Crippen LogP contribution >= 0.6 is 0 Å². The summed E-state index contributed by atoms with van der Waals surface area (Å²) in [6, 6.07) is 8.21. The fourth-order valence-corrected chi connectivity index (χ4v) is 2.09. The lowest BCUT2D eigenvalue weighted by atomic mass is 10.1. The molecule has 0 amide bonds. The minimum atomic E-state index is -0.972. The molecule has 2 N–H and O–H groups in total. The first-order chi connectivity index (χ1) is 9.95. The van der Waals surface area contributed by atoms with Crippen molar-refractivity contribution in [1.29, 1.82) is 0 Å². The van der Waals surface area contributed by atoms with E-state index in [1.54, 1.807) is 19.1 Å². The second kappa shape index (κ2) is 6.35. The van der Waals surface area contributed by atoms with Crippen molar-refractivity contribution < 1.29 is 18.7 Å². The molecule has 0 fully saturated rings. The van der Waals surface area contributed by atoms with Gasteiger partial charge >= 0.3 is 5.97 Å². The lowest BCUT2D eigenvalue weighted by Gasteiger charge is -2.10. The Morgan fingerprint density at radius 2 is 1.81 bits per heavy atom. The van der Waals surface area contributed by atoms with Crippen molar-refractivity contribution >= 4 is 11.7 Å². The highest BCUT2D eigenvalue weighted by Gasteiger charge is 2.06. The molecule has 0 saturated carbocycles. The number of halogens is 2. The molecule has 21 heavy (non-hydrogen) atoms. The molecule has 5 heteroatoms. The molecule has 0 radical (unpaired) electrons. The first kappa shape index (κ1) is 15.0. The lowest BCUT2D eigenvalue weighted by Crippen LogP contribution is -2.07. The van der Waals surface area contributed by atoms with E-state index >= 15 is 0 Å². The third kappa shape index (κ3) is 4.02. The summed E-state index contributed by atoms with van der Waals surface area (Å²) in [4.78, 5) is 10.8. The van der Waals surface area contributed by atoms with Gasteiger partial charge in [0.05, 0.1) is 5.56 Å². The van der Waals surface area contributed by atoms with E-state index in [4.69, 9.17) is 5.11 Å². The number of hydrogen-bond acceptors (Lipinski definition) is 2. The van der Waals surface area contributed by atoms with Gasteiger partial charge in [-0.15, -0.1) is 0 Å². The first-order valence-corrected chi connectivity index (χ1v) is 6.48. The van der Waals surface area contributed by atoms with Crippen LogP contribution in [-0.2, 0) is 6.42 Å². The monoisotopic (exact) mass is 291 g/mol. The third-order valence-corrected chi connectivity index (χ3v) is 3.12. The molecule has 0 spiro atoms. The molecule has 0 saturated heterocycles. The molecule has 2 rings (SSSR count). The molecule has 0 aliphatic carbocycles. The SMILES string of the molecule is Cc1cc(C(=O)O)ccc1NCCc1cc(F)cc(F)c1. The highest BCUT2D eigenvalue weighted by molar-refractivity contribution is 5.88. The van der Waals surface area contributed by atoms with Gasteiger partial charge in [-0.3, -0.25) is 0 Å². The van der Waals surface area contributed by atoms with Crippen LogP contribution in [0.15, 0.2) is 36.4 Å². The number of carboxylic acids is 1.